The largest absolute Gasteiger partial charge is 0.455 e. The summed E-state index contributed by atoms with van der Waals surface area (Å²) in [6.45, 7) is 0. The Labute approximate surface area is 251 Å². The first-order valence-corrected chi connectivity index (χ1v) is 14.8. The average molecular weight is 562 g/mol. The highest BCUT2D eigenvalue weighted by molar-refractivity contribution is 6.28. The predicted molar refractivity (Wildman–Crippen MR) is 181 cm³/mol. The normalized spacial score (nSPS) is 12.1. The summed E-state index contributed by atoms with van der Waals surface area (Å²) in [6, 6.07) is 46.8. The van der Waals surface area contributed by atoms with Crippen molar-refractivity contribution in [2.45, 2.75) is 0 Å². The average Bonchev–Trinajstić information content (AvgIpc) is 3.68. The quantitative estimate of drug-likeness (QED) is 0.211. The maximum atomic E-state index is 6.69. The third-order valence-corrected chi connectivity index (χ3v) is 8.97. The highest BCUT2D eigenvalue weighted by Gasteiger charge is 2.19. The summed E-state index contributed by atoms with van der Waals surface area (Å²) in [5, 5.41) is 8.21. The van der Waals surface area contributed by atoms with E-state index >= 15 is 0 Å². The van der Waals surface area contributed by atoms with E-state index in [2.05, 4.69) is 114 Å². The minimum absolute atomic E-state index is 0.906. The van der Waals surface area contributed by atoms with E-state index in [0.717, 1.165) is 66.5 Å². The van der Waals surface area contributed by atoms with Gasteiger partial charge in [0.05, 0.1) is 16.7 Å². The molecule has 0 aliphatic heterocycles. The lowest BCUT2D eigenvalue weighted by Crippen LogP contribution is -1.92. The van der Waals surface area contributed by atoms with Gasteiger partial charge in [0.1, 0.15) is 22.3 Å². The van der Waals surface area contributed by atoms with Crippen molar-refractivity contribution in [3.63, 3.8) is 0 Å². The number of furan rings is 1. The maximum absolute atomic E-state index is 6.69. The molecule has 4 heteroatoms. The first-order valence-electron chi connectivity index (χ1n) is 14.8. The molecule has 0 atom stereocenters. The van der Waals surface area contributed by atoms with E-state index in [1.807, 2.05) is 30.3 Å². The van der Waals surface area contributed by atoms with Gasteiger partial charge >= 0.3 is 0 Å². The number of para-hydroxylation sites is 1. The van der Waals surface area contributed by atoms with Gasteiger partial charge in [-0.1, -0.05) is 103 Å². The van der Waals surface area contributed by atoms with E-state index < -0.39 is 0 Å². The van der Waals surface area contributed by atoms with E-state index in [9.17, 15) is 0 Å². The third kappa shape index (κ3) is 3.22. The second kappa shape index (κ2) is 8.76. The first kappa shape index (κ1) is 23.6. The molecule has 0 amide bonds. The van der Waals surface area contributed by atoms with Crippen molar-refractivity contribution < 1.29 is 4.42 Å². The van der Waals surface area contributed by atoms with E-state index in [1.54, 1.807) is 0 Å². The molecule has 204 valence electrons. The standard InChI is InChI=1S/C40H23N3O/c1-3-11-28-24(9-1)20-21-33-35(28)36-29-12-4-2-10-27(29)23-31(40(36)44-33)25-16-18-26(19-17-25)37-39-38(30-13-5-6-14-32(30)41-37)42-34-15-7-8-22-43(34)39/h1-23H. The number of benzene rings is 6. The molecule has 0 radical (unpaired) electrons. The van der Waals surface area contributed by atoms with Gasteiger partial charge in [-0.15, -0.1) is 0 Å². The number of hydrogen-bond acceptors (Lipinski definition) is 3. The van der Waals surface area contributed by atoms with Crippen molar-refractivity contribution in [2.24, 2.45) is 0 Å². The van der Waals surface area contributed by atoms with Gasteiger partial charge in [0.15, 0.2) is 0 Å². The molecular weight excluding hydrogens is 538 g/mol. The van der Waals surface area contributed by atoms with Crippen LogP contribution in [-0.4, -0.2) is 14.4 Å². The summed E-state index contributed by atoms with van der Waals surface area (Å²) in [5.41, 5.74) is 9.79. The number of rotatable bonds is 2. The van der Waals surface area contributed by atoms with Crippen molar-refractivity contribution in [1.29, 1.82) is 0 Å². The van der Waals surface area contributed by atoms with Crippen molar-refractivity contribution in [2.75, 3.05) is 0 Å². The molecule has 0 aliphatic rings. The van der Waals surface area contributed by atoms with Crippen LogP contribution in [-0.2, 0) is 0 Å². The summed E-state index contributed by atoms with van der Waals surface area (Å²) in [4.78, 5) is 10.2. The third-order valence-electron chi connectivity index (χ3n) is 8.97. The fraction of sp³-hybridized carbons (Fsp3) is 0. The van der Waals surface area contributed by atoms with Crippen molar-refractivity contribution in [3.8, 4) is 22.4 Å². The Morgan fingerprint density at radius 2 is 1.25 bits per heavy atom. The molecular formula is C40H23N3O. The topological polar surface area (TPSA) is 43.3 Å². The molecule has 4 nitrogen and oxygen atoms in total. The monoisotopic (exact) mass is 561 g/mol. The van der Waals surface area contributed by atoms with Crippen molar-refractivity contribution >= 4 is 71.1 Å². The van der Waals surface area contributed by atoms with Crippen LogP contribution < -0.4 is 0 Å². The Bertz CT molecular complexity index is 2770. The van der Waals surface area contributed by atoms with Gasteiger partial charge < -0.3 is 4.42 Å². The summed E-state index contributed by atoms with van der Waals surface area (Å²) in [6.07, 6.45) is 2.07. The molecule has 4 aromatic heterocycles. The molecule has 10 aromatic rings. The fourth-order valence-corrected chi connectivity index (χ4v) is 6.97. The zero-order valence-corrected chi connectivity index (χ0v) is 23.5. The maximum Gasteiger partial charge on any atom is 0.143 e. The van der Waals surface area contributed by atoms with Crippen LogP contribution in [0.15, 0.2) is 144 Å². The molecule has 0 spiro atoms. The highest BCUT2D eigenvalue weighted by Crippen LogP contribution is 2.44. The lowest BCUT2D eigenvalue weighted by atomic mass is 9.94. The van der Waals surface area contributed by atoms with Crippen molar-refractivity contribution in [1.82, 2.24) is 14.4 Å². The number of hydrogen-bond donors (Lipinski definition) is 0. The molecule has 0 saturated heterocycles. The molecule has 0 unspecified atom stereocenters. The van der Waals surface area contributed by atoms with E-state index in [4.69, 9.17) is 14.4 Å². The Hall–Kier alpha value is -6.00. The molecule has 4 heterocycles. The number of imidazole rings is 1. The van der Waals surface area contributed by atoms with Crippen LogP contribution in [0.5, 0.6) is 0 Å². The number of aromatic nitrogens is 3. The molecule has 6 aromatic carbocycles. The smallest absolute Gasteiger partial charge is 0.143 e. The van der Waals surface area contributed by atoms with E-state index in [-0.39, 0.29) is 0 Å². The van der Waals surface area contributed by atoms with E-state index in [1.165, 1.54) is 26.9 Å². The van der Waals surface area contributed by atoms with Gasteiger partial charge in [-0.25, -0.2) is 9.97 Å². The van der Waals surface area contributed by atoms with Gasteiger partial charge in [0, 0.05) is 33.5 Å². The number of nitrogens with zero attached hydrogens (tertiary/aromatic N) is 3. The van der Waals surface area contributed by atoms with Gasteiger partial charge in [-0.3, -0.25) is 4.40 Å². The van der Waals surface area contributed by atoms with Gasteiger partial charge in [-0.05, 0) is 57.4 Å². The van der Waals surface area contributed by atoms with Gasteiger partial charge in [0.2, 0.25) is 0 Å². The Morgan fingerprint density at radius 1 is 0.545 bits per heavy atom. The summed E-state index contributed by atoms with van der Waals surface area (Å²) in [5.74, 6) is 0. The lowest BCUT2D eigenvalue weighted by molar-refractivity contribution is 0.670. The first-order chi connectivity index (χ1) is 21.8. The molecule has 0 bridgehead atoms. The van der Waals surface area contributed by atoms with E-state index in [0.29, 0.717) is 0 Å². The van der Waals surface area contributed by atoms with Gasteiger partial charge in [-0.2, -0.15) is 0 Å². The molecule has 44 heavy (non-hydrogen) atoms. The predicted octanol–water partition coefficient (Wildman–Crippen LogP) is 10.6. The van der Waals surface area contributed by atoms with Crippen LogP contribution in [0.3, 0.4) is 0 Å². The Morgan fingerprint density at radius 3 is 2.11 bits per heavy atom. The molecule has 0 saturated carbocycles. The minimum atomic E-state index is 0.906. The zero-order chi connectivity index (χ0) is 28.8. The van der Waals surface area contributed by atoms with Crippen LogP contribution in [0.2, 0.25) is 0 Å². The Balaban J connectivity index is 1.23. The van der Waals surface area contributed by atoms with Crippen LogP contribution >= 0.6 is 0 Å². The van der Waals surface area contributed by atoms with Crippen LogP contribution in [0.1, 0.15) is 0 Å². The van der Waals surface area contributed by atoms with Crippen LogP contribution in [0, 0.1) is 0 Å². The minimum Gasteiger partial charge on any atom is -0.455 e. The fourth-order valence-electron chi connectivity index (χ4n) is 6.97. The number of fused-ring (bicyclic) bond motifs is 12. The summed E-state index contributed by atoms with van der Waals surface area (Å²) < 4.78 is 8.83. The summed E-state index contributed by atoms with van der Waals surface area (Å²) in [7, 11) is 0. The van der Waals surface area contributed by atoms with Crippen molar-refractivity contribution in [3.05, 3.63) is 140 Å². The highest BCUT2D eigenvalue weighted by atomic mass is 16.3. The second-order valence-corrected chi connectivity index (χ2v) is 11.4. The molecule has 0 aliphatic carbocycles. The lowest BCUT2D eigenvalue weighted by Gasteiger charge is -2.10. The van der Waals surface area contributed by atoms with Crippen LogP contribution in [0.4, 0.5) is 0 Å². The Kier molecular flexibility index (Phi) is 4.69. The van der Waals surface area contributed by atoms with Gasteiger partial charge in [0.25, 0.3) is 0 Å². The SMILES string of the molecule is c1ccc2c(c1)ccc1oc3c(-c4ccc(-c5nc6ccccc6c6nc7ccccn7c56)cc4)cc4ccccc4c3c12. The number of pyridine rings is 2. The molecule has 0 N–H and O–H groups in total. The second-order valence-electron chi connectivity index (χ2n) is 11.4. The molecule has 0 fully saturated rings. The van der Waals surface area contributed by atoms with Crippen LogP contribution in [0.25, 0.3) is 93.5 Å². The summed E-state index contributed by atoms with van der Waals surface area (Å²) >= 11 is 0. The molecule has 10 rings (SSSR count). The zero-order valence-electron chi connectivity index (χ0n) is 23.5.